The minimum absolute atomic E-state index is 0.193. The fourth-order valence-electron chi connectivity index (χ4n) is 2.38. The van der Waals surface area contributed by atoms with Crippen molar-refractivity contribution >= 4 is 40.6 Å². The van der Waals surface area contributed by atoms with E-state index in [9.17, 15) is 18.0 Å². The Labute approximate surface area is 176 Å². The summed E-state index contributed by atoms with van der Waals surface area (Å²) < 4.78 is 31.7. The maximum Gasteiger partial charge on any atom is 0.490 e. The Morgan fingerprint density at radius 3 is 2.26 bits per heavy atom. The Bertz CT molecular complexity index is 1070. The first-order valence-corrected chi connectivity index (χ1v) is 9.06. The molecular weight excluding hydrogens is 411 g/mol. The van der Waals surface area contributed by atoms with E-state index in [1.54, 1.807) is 6.92 Å². The van der Waals surface area contributed by atoms with Crippen LogP contribution in [0.4, 0.5) is 18.9 Å². The van der Waals surface area contributed by atoms with Crippen LogP contribution in [0.25, 0.3) is 23.1 Å². The summed E-state index contributed by atoms with van der Waals surface area (Å²) in [6.07, 6.45) is 0.840. The molecular formula is C22H20F3N3O3. The van der Waals surface area contributed by atoms with Crippen molar-refractivity contribution in [1.82, 2.24) is 4.98 Å². The summed E-state index contributed by atoms with van der Waals surface area (Å²) in [4.78, 5) is 24.8. The van der Waals surface area contributed by atoms with E-state index in [1.807, 2.05) is 60.8 Å². The van der Waals surface area contributed by atoms with Gasteiger partial charge in [0, 0.05) is 17.3 Å². The second kappa shape index (κ2) is 10.4. The molecule has 0 bridgehead atoms. The number of halogens is 3. The zero-order valence-corrected chi connectivity index (χ0v) is 16.4. The molecule has 162 valence electrons. The van der Waals surface area contributed by atoms with Gasteiger partial charge in [0.2, 0.25) is 5.91 Å². The lowest BCUT2D eigenvalue weighted by Crippen LogP contribution is -2.32. The Morgan fingerprint density at radius 2 is 1.68 bits per heavy atom. The Morgan fingerprint density at radius 1 is 1.06 bits per heavy atom. The number of nitrogens with one attached hydrogen (secondary N) is 1. The summed E-state index contributed by atoms with van der Waals surface area (Å²) in [5.74, 6) is -2.95. The molecule has 2 aromatic carbocycles. The molecule has 9 heteroatoms. The predicted molar refractivity (Wildman–Crippen MR) is 113 cm³/mol. The van der Waals surface area contributed by atoms with Gasteiger partial charge in [-0.05, 0) is 42.3 Å². The number of carbonyl (C=O) groups excluding carboxylic acids is 1. The first kappa shape index (κ1) is 23.6. The molecule has 4 N–H and O–H groups in total. The minimum Gasteiger partial charge on any atom is -0.475 e. The molecule has 1 heterocycles. The Hall–Kier alpha value is -3.72. The Balaban J connectivity index is 0.000000423. The van der Waals surface area contributed by atoms with E-state index in [4.69, 9.17) is 15.6 Å². The average Bonchev–Trinajstić information content (AvgIpc) is 2.73. The lowest BCUT2D eigenvalue weighted by Gasteiger charge is -2.07. The van der Waals surface area contributed by atoms with Gasteiger partial charge in [-0.1, -0.05) is 42.5 Å². The number of hydrogen-bond donors (Lipinski definition) is 3. The molecule has 0 aliphatic heterocycles. The molecule has 1 amide bonds. The summed E-state index contributed by atoms with van der Waals surface area (Å²) >= 11 is 0. The summed E-state index contributed by atoms with van der Waals surface area (Å²) in [5, 5.41) is 11.0. The fraction of sp³-hybridized carbons (Fsp3) is 0.136. The smallest absolute Gasteiger partial charge is 0.475 e. The lowest BCUT2D eigenvalue weighted by molar-refractivity contribution is -0.192. The highest BCUT2D eigenvalue weighted by Crippen LogP contribution is 2.19. The second-order valence-corrected chi connectivity index (χ2v) is 6.45. The number of benzene rings is 2. The van der Waals surface area contributed by atoms with Crippen LogP contribution >= 0.6 is 0 Å². The molecule has 0 unspecified atom stereocenters. The van der Waals surface area contributed by atoms with Crippen molar-refractivity contribution in [3.05, 3.63) is 71.9 Å². The van der Waals surface area contributed by atoms with E-state index in [0.717, 1.165) is 27.7 Å². The van der Waals surface area contributed by atoms with Crippen LogP contribution in [0.1, 0.15) is 18.1 Å². The molecule has 0 saturated carbocycles. The van der Waals surface area contributed by atoms with Gasteiger partial charge in [0.05, 0.1) is 11.6 Å². The largest absolute Gasteiger partial charge is 0.490 e. The minimum atomic E-state index is -5.08. The number of rotatable bonds is 4. The standard InChI is InChI=1S/C20H19N3O.C2HF3O2/c1-14(21)20(24)23-17-10-7-15(8-11-17)6-9-16-12-13-22-19-5-3-2-4-18(16)19;3-2(4,5)1(6)7/h2-14H,21H2,1H3,(H,23,24);(H,6,7)/b9-6+;/t14-;/m1./s1. The highest BCUT2D eigenvalue weighted by atomic mass is 19.4. The first-order valence-electron chi connectivity index (χ1n) is 9.06. The maximum atomic E-state index is 11.6. The van der Waals surface area contributed by atoms with Crippen LogP contribution in [0.15, 0.2) is 60.8 Å². The molecule has 31 heavy (non-hydrogen) atoms. The lowest BCUT2D eigenvalue weighted by atomic mass is 10.1. The normalized spacial score (nSPS) is 12.2. The van der Waals surface area contributed by atoms with E-state index in [2.05, 4.69) is 22.4 Å². The van der Waals surface area contributed by atoms with E-state index in [-0.39, 0.29) is 5.91 Å². The number of anilines is 1. The number of nitrogens with two attached hydrogens (primary N) is 1. The summed E-state index contributed by atoms with van der Waals surface area (Å²) in [6.45, 7) is 1.66. The summed E-state index contributed by atoms with van der Waals surface area (Å²) in [6, 6.07) is 17.2. The van der Waals surface area contributed by atoms with Crippen LogP contribution in [0.2, 0.25) is 0 Å². The van der Waals surface area contributed by atoms with Gasteiger partial charge in [-0.25, -0.2) is 4.79 Å². The highest BCUT2D eigenvalue weighted by Gasteiger charge is 2.38. The van der Waals surface area contributed by atoms with Crippen molar-refractivity contribution in [2.45, 2.75) is 19.1 Å². The van der Waals surface area contributed by atoms with Crippen LogP contribution in [0.5, 0.6) is 0 Å². The number of para-hydroxylation sites is 1. The van der Waals surface area contributed by atoms with E-state index in [1.165, 1.54) is 0 Å². The monoisotopic (exact) mass is 431 g/mol. The SMILES string of the molecule is C[C@@H](N)C(=O)Nc1ccc(/C=C/c2ccnc3ccccc23)cc1.O=C(O)C(F)(F)F. The third-order valence-electron chi connectivity index (χ3n) is 3.97. The van der Waals surface area contributed by atoms with Gasteiger partial charge in [-0.3, -0.25) is 9.78 Å². The van der Waals surface area contributed by atoms with Crippen molar-refractivity contribution in [3.8, 4) is 0 Å². The molecule has 0 radical (unpaired) electrons. The quantitative estimate of drug-likeness (QED) is 0.571. The first-order chi connectivity index (χ1) is 14.6. The maximum absolute atomic E-state index is 11.6. The van der Waals surface area contributed by atoms with Crippen molar-refractivity contribution in [2.75, 3.05) is 5.32 Å². The van der Waals surface area contributed by atoms with Crippen LogP contribution in [-0.2, 0) is 9.59 Å². The number of amides is 1. The van der Waals surface area contributed by atoms with Crippen LogP contribution in [0.3, 0.4) is 0 Å². The summed E-state index contributed by atoms with van der Waals surface area (Å²) in [5.41, 5.74) is 9.43. The van der Waals surface area contributed by atoms with Crippen molar-refractivity contribution < 1.29 is 27.9 Å². The van der Waals surface area contributed by atoms with Crippen LogP contribution < -0.4 is 11.1 Å². The van der Waals surface area contributed by atoms with E-state index in [0.29, 0.717) is 0 Å². The molecule has 3 rings (SSSR count). The third kappa shape index (κ3) is 7.23. The number of carbonyl (C=O) groups is 2. The molecule has 1 aromatic heterocycles. The molecule has 1 atom stereocenters. The van der Waals surface area contributed by atoms with Crippen LogP contribution in [-0.4, -0.2) is 34.2 Å². The Kier molecular flexibility index (Phi) is 7.87. The molecule has 0 aliphatic carbocycles. The number of aromatic nitrogens is 1. The fourth-order valence-corrected chi connectivity index (χ4v) is 2.38. The van der Waals surface area contributed by atoms with Gasteiger partial charge in [0.1, 0.15) is 0 Å². The summed E-state index contributed by atoms with van der Waals surface area (Å²) in [7, 11) is 0. The number of alkyl halides is 3. The number of hydrogen-bond acceptors (Lipinski definition) is 4. The number of nitrogens with zero attached hydrogens (tertiary/aromatic N) is 1. The zero-order valence-electron chi connectivity index (χ0n) is 16.4. The number of pyridine rings is 1. The van der Waals surface area contributed by atoms with Gasteiger partial charge in [-0.15, -0.1) is 0 Å². The topological polar surface area (TPSA) is 105 Å². The van der Waals surface area contributed by atoms with Gasteiger partial charge >= 0.3 is 12.1 Å². The van der Waals surface area contributed by atoms with E-state index < -0.39 is 18.2 Å². The number of carboxylic acid groups (broad SMARTS) is 1. The number of aliphatic carboxylic acids is 1. The molecule has 6 nitrogen and oxygen atoms in total. The van der Waals surface area contributed by atoms with E-state index >= 15 is 0 Å². The molecule has 3 aromatic rings. The van der Waals surface area contributed by atoms with Gasteiger partial charge in [0.15, 0.2) is 0 Å². The van der Waals surface area contributed by atoms with Gasteiger partial charge in [0.25, 0.3) is 0 Å². The molecule has 0 aliphatic rings. The molecule has 0 spiro atoms. The second-order valence-electron chi connectivity index (χ2n) is 6.45. The number of fused-ring (bicyclic) bond motifs is 1. The van der Waals surface area contributed by atoms with Gasteiger partial charge < -0.3 is 16.2 Å². The van der Waals surface area contributed by atoms with Crippen molar-refractivity contribution in [2.24, 2.45) is 5.73 Å². The number of carboxylic acids is 1. The highest BCUT2D eigenvalue weighted by molar-refractivity contribution is 5.94. The van der Waals surface area contributed by atoms with Crippen molar-refractivity contribution in [3.63, 3.8) is 0 Å². The van der Waals surface area contributed by atoms with Crippen LogP contribution in [0, 0.1) is 0 Å². The molecule has 0 fully saturated rings. The zero-order chi connectivity index (χ0) is 23.0. The third-order valence-corrected chi connectivity index (χ3v) is 3.97. The van der Waals surface area contributed by atoms with Crippen molar-refractivity contribution in [1.29, 1.82) is 0 Å². The average molecular weight is 431 g/mol. The predicted octanol–water partition coefficient (Wildman–Crippen LogP) is 4.32. The molecule has 0 saturated heterocycles. The van der Waals surface area contributed by atoms with Gasteiger partial charge in [-0.2, -0.15) is 13.2 Å².